The summed E-state index contributed by atoms with van der Waals surface area (Å²) in [5, 5.41) is 9.71. The molecule has 1 aliphatic heterocycles. The van der Waals surface area contributed by atoms with Crippen molar-refractivity contribution in [2.75, 3.05) is 43.4 Å². The Morgan fingerprint density at radius 2 is 1.96 bits per heavy atom. The molecule has 0 spiro atoms. The number of anilines is 2. The van der Waals surface area contributed by atoms with Crippen LogP contribution in [0.3, 0.4) is 0 Å². The number of amides is 2. The minimum atomic E-state index is -0.237. The first-order chi connectivity index (χ1) is 13.6. The van der Waals surface area contributed by atoms with Gasteiger partial charge >= 0.3 is 6.03 Å². The van der Waals surface area contributed by atoms with Crippen LogP contribution in [0.2, 0.25) is 5.02 Å². The second-order valence-corrected chi connectivity index (χ2v) is 8.36. The van der Waals surface area contributed by atoms with Gasteiger partial charge in [-0.3, -0.25) is 0 Å². The molecule has 7 heteroatoms. The van der Waals surface area contributed by atoms with Crippen molar-refractivity contribution in [2.45, 2.75) is 6.54 Å². The molecule has 0 bridgehead atoms. The SMILES string of the molecule is CN1CCN(c2cccc(Cl)c2CNC(=O)Nc2ccc3sccc3c2)CC1. The first-order valence-corrected chi connectivity index (χ1v) is 10.6. The number of carbonyl (C=O) groups excluding carboxylic acids is 1. The third-order valence-corrected chi connectivity index (χ3v) is 6.33. The van der Waals surface area contributed by atoms with Crippen LogP contribution in [0.15, 0.2) is 47.8 Å². The monoisotopic (exact) mass is 414 g/mol. The summed E-state index contributed by atoms with van der Waals surface area (Å²) in [7, 11) is 2.13. The molecule has 28 heavy (non-hydrogen) atoms. The Hall–Kier alpha value is -2.28. The summed E-state index contributed by atoms with van der Waals surface area (Å²) in [5.74, 6) is 0. The summed E-state index contributed by atoms with van der Waals surface area (Å²) in [6.45, 7) is 4.33. The first-order valence-electron chi connectivity index (χ1n) is 9.33. The zero-order valence-corrected chi connectivity index (χ0v) is 17.3. The van der Waals surface area contributed by atoms with Gasteiger partial charge in [0.25, 0.3) is 0 Å². The highest BCUT2D eigenvalue weighted by Gasteiger charge is 2.18. The number of nitrogens with zero attached hydrogens (tertiary/aromatic N) is 2. The van der Waals surface area contributed by atoms with Crippen LogP contribution in [-0.4, -0.2) is 44.2 Å². The third-order valence-electron chi connectivity index (χ3n) is 5.07. The van der Waals surface area contributed by atoms with Crippen molar-refractivity contribution in [2.24, 2.45) is 0 Å². The van der Waals surface area contributed by atoms with Crippen molar-refractivity contribution in [1.29, 1.82) is 0 Å². The molecule has 0 atom stereocenters. The van der Waals surface area contributed by atoms with Crippen LogP contribution < -0.4 is 15.5 Å². The molecule has 1 aliphatic rings. The Bertz CT molecular complexity index is 981. The summed E-state index contributed by atoms with van der Waals surface area (Å²) in [5.41, 5.74) is 2.83. The van der Waals surface area contributed by atoms with E-state index >= 15 is 0 Å². The molecule has 146 valence electrons. The van der Waals surface area contributed by atoms with Crippen LogP contribution in [0.25, 0.3) is 10.1 Å². The summed E-state index contributed by atoms with van der Waals surface area (Å²) >= 11 is 8.15. The highest BCUT2D eigenvalue weighted by Crippen LogP contribution is 2.28. The fraction of sp³-hybridized carbons (Fsp3) is 0.286. The number of hydrogen-bond donors (Lipinski definition) is 2. The summed E-state index contributed by atoms with van der Waals surface area (Å²) in [6.07, 6.45) is 0. The number of urea groups is 1. The fourth-order valence-electron chi connectivity index (χ4n) is 3.45. The zero-order valence-electron chi connectivity index (χ0n) is 15.7. The molecule has 0 aliphatic carbocycles. The third kappa shape index (κ3) is 4.24. The highest BCUT2D eigenvalue weighted by molar-refractivity contribution is 7.17. The lowest BCUT2D eigenvalue weighted by Gasteiger charge is -2.35. The molecular weight excluding hydrogens is 392 g/mol. The van der Waals surface area contributed by atoms with Crippen molar-refractivity contribution in [3.63, 3.8) is 0 Å². The van der Waals surface area contributed by atoms with Gasteiger partial charge in [0.1, 0.15) is 0 Å². The predicted molar refractivity (Wildman–Crippen MR) is 119 cm³/mol. The molecule has 3 aromatic rings. The molecule has 4 rings (SSSR count). The number of hydrogen-bond acceptors (Lipinski definition) is 4. The average molecular weight is 415 g/mol. The van der Waals surface area contributed by atoms with Gasteiger partial charge in [-0.1, -0.05) is 17.7 Å². The lowest BCUT2D eigenvalue weighted by molar-refractivity contribution is 0.251. The number of carbonyl (C=O) groups is 1. The number of benzene rings is 2. The number of likely N-dealkylation sites (N-methyl/N-ethyl adjacent to an activating group) is 1. The van der Waals surface area contributed by atoms with Gasteiger partial charge in [-0.05, 0) is 54.2 Å². The molecule has 2 heterocycles. The predicted octanol–water partition coefficient (Wildman–Crippen LogP) is 4.63. The van der Waals surface area contributed by atoms with Crippen molar-refractivity contribution in [3.05, 3.63) is 58.4 Å². The molecular formula is C21H23ClN4OS. The Balaban J connectivity index is 1.43. The lowest BCUT2D eigenvalue weighted by Crippen LogP contribution is -2.45. The number of fused-ring (bicyclic) bond motifs is 1. The van der Waals surface area contributed by atoms with Gasteiger partial charge in [-0.25, -0.2) is 4.79 Å². The average Bonchev–Trinajstić information content (AvgIpc) is 3.15. The van der Waals surface area contributed by atoms with Crippen LogP contribution in [-0.2, 0) is 6.54 Å². The molecule has 0 unspecified atom stereocenters. The molecule has 2 aromatic carbocycles. The minimum Gasteiger partial charge on any atom is -0.369 e. The smallest absolute Gasteiger partial charge is 0.319 e. The van der Waals surface area contributed by atoms with Gasteiger partial charge in [-0.15, -0.1) is 11.3 Å². The molecule has 1 aromatic heterocycles. The summed E-state index contributed by atoms with van der Waals surface area (Å²) < 4.78 is 1.21. The Morgan fingerprint density at radius 1 is 1.14 bits per heavy atom. The Kier molecular flexibility index (Phi) is 5.71. The number of piperazine rings is 1. The van der Waals surface area contributed by atoms with E-state index in [0.717, 1.165) is 48.5 Å². The largest absolute Gasteiger partial charge is 0.369 e. The topological polar surface area (TPSA) is 47.6 Å². The normalized spacial score (nSPS) is 15.0. The van der Waals surface area contributed by atoms with E-state index in [2.05, 4.69) is 39.6 Å². The quantitative estimate of drug-likeness (QED) is 0.654. The number of halogens is 1. The van der Waals surface area contributed by atoms with Crippen molar-refractivity contribution < 1.29 is 4.79 Å². The maximum absolute atomic E-state index is 12.4. The van der Waals surface area contributed by atoms with E-state index < -0.39 is 0 Å². The van der Waals surface area contributed by atoms with E-state index in [1.165, 1.54) is 4.70 Å². The second kappa shape index (κ2) is 8.39. The second-order valence-electron chi connectivity index (χ2n) is 7.01. The van der Waals surface area contributed by atoms with Crippen LogP contribution in [0.4, 0.5) is 16.2 Å². The molecule has 0 radical (unpaired) electrons. The Labute approximate surface area is 173 Å². The van der Waals surface area contributed by atoms with Crippen LogP contribution in [0.1, 0.15) is 5.56 Å². The standard InChI is InChI=1S/C21H23ClN4OS/c1-25-8-10-26(11-9-25)19-4-2-3-18(22)17(19)14-23-21(27)24-16-5-6-20-15(13-16)7-12-28-20/h2-7,12-13H,8-11,14H2,1H3,(H2,23,24,27). The number of nitrogens with one attached hydrogen (secondary N) is 2. The summed E-state index contributed by atoms with van der Waals surface area (Å²) in [6, 6.07) is 13.7. The molecule has 0 saturated carbocycles. The molecule has 2 N–H and O–H groups in total. The Morgan fingerprint density at radius 3 is 2.79 bits per heavy atom. The van der Waals surface area contributed by atoms with E-state index in [4.69, 9.17) is 11.6 Å². The lowest BCUT2D eigenvalue weighted by atomic mass is 10.1. The van der Waals surface area contributed by atoms with Crippen molar-refractivity contribution in [3.8, 4) is 0 Å². The van der Waals surface area contributed by atoms with E-state index in [1.807, 2.05) is 35.7 Å². The maximum Gasteiger partial charge on any atom is 0.319 e. The molecule has 1 saturated heterocycles. The van der Waals surface area contributed by atoms with Crippen molar-refractivity contribution in [1.82, 2.24) is 10.2 Å². The molecule has 5 nitrogen and oxygen atoms in total. The van der Waals surface area contributed by atoms with Gasteiger partial charge in [-0.2, -0.15) is 0 Å². The van der Waals surface area contributed by atoms with Crippen LogP contribution in [0.5, 0.6) is 0 Å². The maximum atomic E-state index is 12.4. The van der Waals surface area contributed by atoms with Gasteiger partial charge in [0.2, 0.25) is 0 Å². The number of thiophene rings is 1. The number of rotatable bonds is 4. The first kappa shape index (κ1) is 19.1. The van der Waals surface area contributed by atoms with Gasteiger partial charge in [0.15, 0.2) is 0 Å². The summed E-state index contributed by atoms with van der Waals surface area (Å²) in [4.78, 5) is 17.1. The fourth-order valence-corrected chi connectivity index (χ4v) is 4.46. The van der Waals surface area contributed by atoms with Crippen LogP contribution >= 0.6 is 22.9 Å². The van der Waals surface area contributed by atoms with Crippen molar-refractivity contribution >= 4 is 50.4 Å². The van der Waals surface area contributed by atoms with Gasteiger partial charge in [0.05, 0.1) is 0 Å². The highest BCUT2D eigenvalue weighted by atomic mass is 35.5. The molecule has 2 amide bonds. The van der Waals surface area contributed by atoms with Gasteiger partial charge < -0.3 is 20.4 Å². The van der Waals surface area contributed by atoms with E-state index in [9.17, 15) is 4.79 Å². The van der Waals surface area contributed by atoms with E-state index in [1.54, 1.807) is 11.3 Å². The van der Waals surface area contributed by atoms with E-state index in [0.29, 0.717) is 11.6 Å². The van der Waals surface area contributed by atoms with Crippen LogP contribution in [0, 0.1) is 0 Å². The zero-order chi connectivity index (χ0) is 19.5. The molecule has 1 fully saturated rings. The van der Waals surface area contributed by atoms with Gasteiger partial charge in [0, 0.05) is 59.4 Å². The minimum absolute atomic E-state index is 0.237. The van der Waals surface area contributed by atoms with E-state index in [-0.39, 0.29) is 6.03 Å².